The lowest BCUT2D eigenvalue weighted by molar-refractivity contribution is 0.259. The van der Waals surface area contributed by atoms with Gasteiger partial charge in [-0.1, -0.05) is 29.5 Å². The molecule has 1 aliphatic heterocycles. The zero-order valence-corrected chi connectivity index (χ0v) is 13.5. The van der Waals surface area contributed by atoms with Gasteiger partial charge in [0.2, 0.25) is 0 Å². The highest BCUT2D eigenvalue weighted by atomic mass is 32.2. The Kier molecular flexibility index (Phi) is 3.62. The molecule has 0 N–H and O–H groups in total. The van der Waals surface area contributed by atoms with E-state index in [-0.39, 0.29) is 10.9 Å². The molecule has 0 radical (unpaired) electrons. The van der Waals surface area contributed by atoms with Crippen LogP contribution >= 0.6 is 0 Å². The maximum Gasteiger partial charge on any atom is 0.262 e. The monoisotopic (exact) mass is 341 g/mol. The summed E-state index contributed by atoms with van der Waals surface area (Å²) in [4.78, 5) is 4.29. The fourth-order valence-electron chi connectivity index (χ4n) is 2.72. The van der Waals surface area contributed by atoms with Gasteiger partial charge < -0.3 is 0 Å². The molecule has 0 aliphatic carbocycles. The van der Waals surface area contributed by atoms with Crippen molar-refractivity contribution in [1.82, 2.24) is 24.3 Å². The van der Waals surface area contributed by atoms with Crippen LogP contribution in [0.3, 0.4) is 0 Å². The summed E-state index contributed by atoms with van der Waals surface area (Å²) in [5.74, 6) is 0.127. The van der Waals surface area contributed by atoms with Crippen molar-refractivity contribution < 1.29 is 8.42 Å². The number of hydrogen-bond donors (Lipinski definition) is 0. The smallest absolute Gasteiger partial charge is 0.261 e. The number of benzene rings is 1. The SMILES string of the molecule is O=S(=O)(c1cnnn1-c1ccccc1)N1CC(c2ccccn2)C1. The molecule has 0 atom stereocenters. The molecule has 4 rings (SSSR count). The van der Waals surface area contributed by atoms with Crippen molar-refractivity contribution in [2.75, 3.05) is 13.1 Å². The molecule has 24 heavy (non-hydrogen) atoms. The maximum absolute atomic E-state index is 12.9. The lowest BCUT2D eigenvalue weighted by Gasteiger charge is -2.37. The molecule has 1 aromatic carbocycles. The molecular weight excluding hydrogens is 326 g/mol. The highest BCUT2D eigenvalue weighted by Crippen LogP contribution is 2.31. The lowest BCUT2D eigenvalue weighted by Crippen LogP contribution is -2.49. The van der Waals surface area contributed by atoms with Gasteiger partial charge >= 0.3 is 0 Å². The van der Waals surface area contributed by atoms with E-state index in [2.05, 4.69) is 15.3 Å². The zero-order valence-electron chi connectivity index (χ0n) is 12.7. The average Bonchev–Trinajstić information content (AvgIpc) is 3.06. The molecule has 0 amide bonds. The number of sulfonamides is 1. The first kappa shape index (κ1) is 15.0. The Hall–Kier alpha value is -2.58. The molecule has 0 unspecified atom stereocenters. The highest BCUT2D eigenvalue weighted by Gasteiger charge is 2.40. The first-order chi connectivity index (χ1) is 11.7. The van der Waals surface area contributed by atoms with Crippen LogP contribution < -0.4 is 0 Å². The van der Waals surface area contributed by atoms with Gasteiger partial charge in [-0.3, -0.25) is 4.98 Å². The van der Waals surface area contributed by atoms with Crippen LogP contribution in [-0.2, 0) is 10.0 Å². The second kappa shape index (κ2) is 5.81. The van der Waals surface area contributed by atoms with E-state index in [0.29, 0.717) is 18.8 Å². The van der Waals surface area contributed by atoms with E-state index in [1.165, 1.54) is 15.2 Å². The Bertz CT molecular complexity index is 935. The third-order valence-corrected chi connectivity index (χ3v) is 5.86. The molecule has 1 saturated heterocycles. The minimum absolute atomic E-state index is 0.0770. The Morgan fingerprint density at radius 2 is 1.75 bits per heavy atom. The summed E-state index contributed by atoms with van der Waals surface area (Å²) in [6.45, 7) is 0.832. The number of pyridine rings is 1. The predicted molar refractivity (Wildman–Crippen MR) is 87.1 cm³/mol. The molecule has 122 valence electrons. The Labute approximate surface area is 139 Å². The summed E-state index contributed by atoms with van der Waals surface area (Å²) < 4.78 is 28.5. The molecule has 7 nitrogen and oxygen atoms in total. The number of rotatable bonds is 4. The van der Waals surface area contributed by atoms with Gasteiger partial charge in [-0.2, -0.15) is 4.31 Å². The predicted octanol–water partition coefficient (Wildman–Crippen LogP) is 1.45. The van der Waals surface area contributed by atoms with Crippen LogP contribution in [0.25, 0.3) is 5.69 Å². The molecule has 1 aliphatic rings. The van der Waals surface area contributed by atoms with Crippen LogP contribution in [0.2, 0.25) is 0 Å². The van der Waals surface area contributed by atoms with Crippen LogP contribution in [0.4, 0.5) is 0 Å². The van der Waals surface area contributed by atoms with Crippen LogP contribution in [0.1, 0.15) is 11.6 Å². The van der Waals surface area contributed by atoms with Crippen molar-refractivity contribution in [1.29, 1.82) is 0 Å². The van der Waals surface area contributed by atoms with Crippen molar-refractivity contribution >= 4 is 10.0 Å². The van der Waals surface area contributed by atoms with Crippen molar-refractivity contribution in [2.45, 2.75) is 10.9 Å². The van der Waals surface area contributed by atoms with E-state index in [1.54, 1.807) is 18.3 Å². The minimum atomic E-state index is -3.64. The summed E-state index contributed by atoms with van der Waals surface area (Å²) in [6.07, 6.45) is 3.01. The van der Waals surface area contributed by atoms with E-state index in [1.807, 2.05) is 36.4 Å². The van der Waals surface area contributed by atoms with E-state index in [4.69, 9.17) is 0 Å². The average molecular weight is 341 g/mol. The standard InChI is InChI=1S/C16H15N5O2S/c22-24(23,20-11-13(12-20)15-8-4-5-9-17-15)16-10-18-19-21(16)14-6-2-1-3-7-14/h1-10,13H,11-12H2. The first-order valence-corrected chi connectivity index (χ1v) is 8.97. The number of aromatic nitrogens is 4. The van der Waals surface area contributed by atoms with Gasteiger partial charge in [-0.25, -0.2) is 13.1 Å². The van der Waals surface area contributed by atoms with Gasteiger partial charge in [-0.05, 0) is 24.3 Å². The van der Waals surface area contributed by atoms with Gasteiger partial charge in [0, 0.05) is 30.9 Å². The van der Waals surface area contributed by atoms with Gasteiger partial charge in [0.05, 0.1) is 11.9 Å². The molecule has 3 heterocycles. The Balaban J connectivity index is 1.59. The second-order valence-electron chi connectivity index (χ2n) is 5.59. The molecule has 0 saturated carbocycles. The summed E-state index contributed by atoms with van der Waals surface area (Å²) >= 11 is 0. The van der Waals surface area contributed by atoms with E-state index in [0.717, 1.165) is 5.69 Å². The topological polar surface area (TPSA) is 81.0 Å². The van der Waals surface area contributed by atoms with Crippen LogP contribution in [-0.4, -0.2) is 45.8 Å². The number of nitrogens with zero attached hydrogens (tertiary/aromatic N) is 5. The van der Waals surface area contributed by atoms with Gasteiger partial charge in [0.15, 0.2) is 5.03 Å². The van der Waals surface area contributed by atoms with Gasteiger partial charge in [0.25, 0.3) is 10.0 Å². The highest BCUT2D eigenvalue weighted by molar-refractivity contribution is 7.89. The normalized spacial score (nSPS) is 16.0. The third-order valence-electron chi connectivity index (χ3n) is 4.08. The fourth-order valence-corrected chi connectivity index (χ4v) is 4.28. The van der Waals surface area contributed by atoms with E-state index >= 15 is 0 Å². The summed E-state index contributed by atoms with van der Waals surface area (Å²) in [5, 5.41) is 7.77. The number of para-hydroxylation sites is 1. The summed E-state index contributed by atoms with van der Waals surface area (Å²) in [6, 6.07) is 14.8. The molecule has 1 fully saturated rings. The first-order valence-electron chi connectivity index (χ1n) is 7.53. The number of hydrogen-bond acceptors (Lipinski definition) is 5. The molecule has 3 aromatic rings. The lowest BCUT2D eigenvalue weighted by atomic mass is 9.99. The van der Waals surface area contributed by atoms with Crippen molar-refractivity contribution in [2.24, 2.45) is 0 Å². The van der Waals surface area contributed by atoms with Crippen LogP contribution in [0.15, 0.2) is 66.0 Å². The molecule has 0 bridgehead atoms. The minimum Gasteiger partial charge on any atom is -0.261 e. The zero-order chi connectivity index (χ0) is 16.6. The van der Waals surface area contributed by atoms with Crippen molar-refractivity contribution in [3.8, 4) is 5.69 Å². The van der Waals surface area contributed by atoms with Crippen LogP contribution in [0, 0.1) is 0 Å². The molecule has 8 heteroatoms. The fraction of sp³-hybridized carbons (Fsp3) is 0.188. The third kappa shape index (κ3) is 2.49. The van der Waals surface area contributed by atoms with E-state index < -0.39 is 10.0 Å². The van der Waals surface area contributed by atoms with Crippen molar-refractivity contribution in [3.63, 3.8) is 0 Å². The Morgan fingerprint density at radius 3 is 2.46 bits per heavy atom. The van der Waals surface area contributed by atoms with Gasteiger partial charge in [-0.15, -0.1) is 5.10 Å². The molecule has 2 aromatic heterocycles. The van der Waals surface area contributed by atoms with Gasteiger partial charge in [0.1, 0.15) is 0 Å². The summed E-state index contributed by atoms with van der Waals surface area (Å²) in [5.41, 5.74) is 1.58. The largest absolute Gasteiger partial charge is 0.262 e. The second-order valence-corrected chi connectivity index (χ2v) is 7.48. The Morgan fingerprint density at radius 1 is 1.00 bits per heavy atom. The molecule has 0 spiro atoms. The maximum atomic E-state index is 12.9. The summed E-state index contributed by atoms with van der Waals surface area (Å²) in [7, 11) is -3.64. The van der Waals surface area contributed by atoms with Crippen molar-refractivity contribution in [3.05, 3.63) is 66.6 Å². The quantitative estimate of drug-likeness (QED) is 0.717. The van der Waals surface area contributed by atoms with Crippen LogP contribution in [0.5, 0.6) is 0 Å². The molecular formula is C16H15N5O2S. The van der Waals surface area contributed by atoms with E-state index in [9.17, 15) is 8.42 Å².